The van der Waals surface area contributed by atoms with Crippen molar-refractivity contribution >= 4 is 13.6 Å². The monoisotopic (exact) mass is 733 g/mol. The van der Waals surface area contributed by atoms with E-state index in [0.717, 1.165) is 0 Å². The average molecular weight is 733 g/mol. The van der Waals surface area contributed by atoms with Gasteiger partial charge in [0.2, 0.25) is 12.5 Å². The number of benzene rings is 2. The van der Waals surface area contributed by atoms with E-state index in [0.29, 0.717) is 28.2 Å². The summed E-state index contributed by atoms with van der Waals surface area (Å²) in [5, 5.41) is 40.1. The average Bonchev–Trinajstić information content (AvgIpc) is 3.69. The van der Waals surface area contributed by atoms with E-state index in [4.69, 9.17) is 47.7 Å². The molecule has 10 atom stereocenters. The molecule has 3 fully saturated rings. The molecule has 3 saturated heterocycles. The Bertz CT molecular complexity index is 1440. The number of hydrogen-bond acceptors (Lipinski definition) is 15. The molecule has 0 saturated carbocycles. The Hall–Kier alpha value is -2.40. The molecule has 0 amide bonds. The molecule has 0 spiro atoms. The number of methoxy groups -OCH3 is 2. The van der Waals surface area contributed by atoms with Gasteiger partial charge in [0.15, 0.2) is 35.6 Å². The van der Waals surface area contributed by atoms with Crippen molar-refractivity contribution in [1.82, 2.24) is 0 Å². The molecule has 4 N–H and O–H groups in total. The summed E-state index contributed by atoms with van der Waals surface area (Å²) in [5.74, 6) is -1.02. The standard InChI is InChI=1S/C29H32O13.CH3BNO.Y/c1-11-36-9-20-27(40-11)24(31)25(32)29(41-20)42-26-14-7-17-16(38-10-39-17)6-13(14)21(22-15(26)8-37-28(22)33)12-4-18(34-2)23(30)19(5-12)35-3;2-3-1-4;/h4-7,11,15,20-22,24-27,29-32H,8-10H2,1-3H3;4H,1H2;/t11-,15+,20-,21-,22+,24-,25-,26-,27-,29?;;/m1../s1. The second-order valence-corrected chi connectivity index (χ2v) is 11.3. The van der Waals surface area contributed by atoms with Crippen molar-refractivity contribution in [3.8, 4) is 28.7 Å². The summed E-state index contributed by atoms with van der Waals surface area (Å²) in [6.45, 7) is 1.65. The number of aliphatic hydroxyl groups is 3. The summed E-state index contributed by atoms with van der Waals surface area (Å²) >= 11 is 0. The molecule has 4 heterocycles. The third-order valence-electron chi connectivity index (χ3n) is 8.83. The first-order chi connectivity index (χ1) is 22.2. The van der Waals surface area contributed by atoms with E-state index < -0.39 is 66.8 Å². The van der Waals surface area contributed by atoms with Gasteiger partial charge in [-0.05, 0) is 47.9 Å². The Morgan fingerprint density at radius 1 is 0.957 bits per heavy atom. The zero-order valence-electron chi connectivity index (χ0n) is 25.9. The van der Waals surface area contributed by atoms with Crippen molar-refractivity contribution in [1.29, 1.82) is 0 Å². The third-order valence-corrected chi connectivity index (χ3v) is 8.83. The Balaban J connectivity index is 0.000000822. The number of ether oxygens (including phenoxy) is 9. The topological polar surface area (TPSA) is 193 Å². The van der Waals surface area contributed by atoms with Crippen LogP contribution in [-0.2, 0) is 61.2 Å². The summed E-state index contributed by atoms with van der Waals surface area (Å²) in [6.07, 6.45) is -6.80. The fourth-order valence-electron chi connectivity index (χ4n) is 6.74. The van der Waals surface area contributed by atoms with Gasteiger partial charge in [0.1, 0.15) is 24.4 Å². The van der Waals surface area contributed by atoms with E-state index in [1.165, 1.54) is 14.2 Å². The summed E-state index contributed by atoms with van der Waals surface area (Å²) < 4.78 is 51.5. The number of phenolic OH excluding ortho intramolecular Hbond substituents is 1. The molecule has 1 unspecified atom stereocenters. The predicted octanol–water partition coefficient (Wildman–Crippen LogP) is 0.624. The minimum atomic E-state index is -1.44. The van der Waals surface area contributed by atoms with Crippen LogP contribution in [0.4, 0.5) is 0 Å². The van der Waals surface area contributed by atoms with E-state index in [1.807, 2.05) is 0 Å². The van der Waals surface area contributed by atoms with Crippen molar-refractivity contribution in [3.63, 3.8) is 0 Å². The molecule has 4 aliphatic heterocycles. The van der Waals surface area contributed by atoms with Crippen molar-refractivity contribution in [2.75, 3.05) is 41.0 Å². The van der Waals surface area contributed by atoms with E-state index in [9.17, 15) is 20.1 Å². The van der Waals surface area contributed by atoms with Crippen LogP contribution in [-0.4, -0.2) is 112 Å². The van der Waals surface area contributed by atoms with Gasteiger partial charge in [0.05, 0.1) is 39.5 Å². The van der Waals surface area contributed by atoms with E-state index in [1.54, 1.807) is 31.2 Å². The number of esters is 1. The molecular weight excluding hydrogens is 698 g/mol. The maximum absolute atomic E-state index is 13.4. The first-order valence-electron chi connectivity index (χ1n) is 14.7. The van der Waals surface area contributed by atoms with Gasteiger partial charge >= 0.3 is 30.3 Å². The van der Waals surface area contributed by atoms with Crippen molar-refractivity contribution in [2.45, 2.75) is 55.9 Å². The number of nitrogens with zero attached hydrogens (tertiary/aromatic N) is 1. The Morgan fingerprint density at radius 3 is 2.21 bits per heavy atom. The van der Waals surface area contributed by atoms with Crippen LogP contribution in [0.5, 0.6) is 28.7 Å². The number of carbonyl (C=O) groups excluding carboxylic acids is 1. The second kappa shape index (κ2) is 15.0. The van der Waals surface area contributed by atoms with E-state index in [2.05, 4.69) is 12.5 Å². The maximum atomic E-state index is 13.4. The van der Waals surface area contributed by atoms with E-state index >= 15 is 0 Å². The normalized spacial score (nSPS) is 33.1. The smallest absolute Gasteiger partial charge is 0 e. The number of carbonyl (C=O) groups is 1. The molecule has 0 bridgehead atoms. The number of fused-ring (bicyclic) bond motifs is 4. The molecular formula is C30H35BNO14Y. The van der Waals surface area contributed by atoms with Crippen LogP contribution in [0, 0.1) is 11.8 Å². The fraction of sp³-hybridized carbons (Fsp3) is 0.567. The van der Waals surface area contributed by atoms with Gasteiger partial charge < -0.3 is 58.0 Å². The van der Waals surface area contributed by atoms with Gasteiger partial charge in [-0.25, -0.2) is 0 Å². The molecule has 15 nitrogen and oxygen atoms in total. The zero-order valence-corrected chi connectivity index (χ0v) is 28.7. The summed E-state index contributed by atoms with van der Waals surface area (Å²) in [5.41, 5.74) is 2.01. The second-order valence-electron chi connectivity index (χ2n) is 11.3. The molecule has 0 aromatic heterocycles. The largest absolute Gasteiger partial charge is 0 e. The van der Waals surface area contributed by atoms with Gasteiger partial charge in [0.25, 0.3) is 0 Å². The Kier molecular flexibility index (Phi) is 11.5. The number of hydrogen-bond donors (Lipinski definition) is 4. The van der Waals surface area contributed by atoms with Crippen LogP contribution in [0.25, 0.3) is 0 Å². The Labute approximate surface area is 296 Å². The summed E-state index contributed by atoms with van der Waals surface area (Å²) in [4.78, 5) is 16.2. The van der Waals surface area contributed by atoms with Gasteiger partial charge in [-0.2, -0.15) is 0 Å². The Morgan fingerprint density at radius 2 is 1.60 bits per heavy atom. The minimum Gasteiger partial charge on any atom is 0 e. The molecule has 1 aliphatic carbocycles. The van der Waals surface area contributed by atoms with Crippen LogP contribution >= 0.6 is 0 Å². The van der Waals surface area contributed by atoms with Crippen LogP contribution in [0.1, 0.15) is 35.6 Å². The first-order valence-corrected chi connectivity index (χ1v) is 14.7. The molecule has 250 valence electrons. The first kappa shape index (κ1) is 35.9. The number of rotatable bonds is 6. The molecule has 2 aromatic rings. The van der Waals surface area contributed by atoms with Crippen LogP contribution < -0.4 is 18.9 Å². The number of phenols is 1. The van der Waals surface area contributed by atoms with Crippen molar-refractivity contribution in [2.24, 2.45) is 16.7 Å². The number of aromatic hydroxyl groups is 1. The van der Waals surface area contributed by atoms with Gasteiger partial charge in [0, 0.05) is 44.5 Å². The molecule has 7 rings (SSSR count). The van der Waals surface area contributed by atoms with Crippen LogP contribution in [0.2, 0.25) is 0 Å². The van der Waals surface area contributed by atoms with Gasteiger partial charge in [-0.15, -0.1) is 0 Å². The maximum Gasteiger partial charge on any atom is 0 e. The number of cyclic esters (lactones) is 1. The molecule has 17 heteroatoms. The molecule has 5 aliphatic rings. The molecule has 47 heavy (non-hydrogen) atoms. The van der Waals surface area contributed by atoms with Crippen molar-refractivity contribution in [3.05, 3.63) is 41.0 Å². The van der Waals surface area contributed by atoms with Crippen molar-refractivity contribution < 1.29 is 101 Å². The zero-order chi connectivity index (χ0) is 32.7. The quantitative estimate of drug-likeness (QED) is 0.239. The van der Waals surface area contributed by atoms with Gasteiger partial charge in [-0.1, -0.05) is 0 Å². The summed E-state index contributed by atoms with van der Waals surface area (Å²) in [6, 6.07) is 6.93. The predicted molar refractivity (Wildman–Crippen MR) is 154 cm³/mol. The van der Waals surface area contributed by atoms with Crippen LogP contribution in [0.15, 0.2) is 29.2 Å². The van der Waals surface area contributed by atoms with Gasteiger partial charge in [-0.3, -0.25) is 4.79 Å². The van der Waals surface area contributed by atoms with E-state index in [-0.39, 0.29) is 76.7 Å². The minimum absolute atomic E-state index is 0. The third kappa shape index (κ3) is 6.64. The molecule has 2 aromatic carbocycles. The number of aliphatic hydroxyl groups excluding tert-OH is 3. The fourth-order valence-corrected chi connectivity index (χ4v) is 6.74. The summed E-state index contributed by atoms with van der Waals surface area (Å²) in [7, 11) is 7.26. The SMILES string of the molecule is COc1cc([C@@H]2c3cc4c(cc3[C@@H](OC3O[C@@H]5CO[C@@H](C)O[C@H]5[C@H](O)[C@H]3O)[C@H]3COC(=O)[C@H]23)OCO4)cc(OC)c1O.[B]=NCO.[Y]. The van der Waals surface area contributed by atoms with Crippen LogP contribution in [0.3, 0.4) is 0 Å². The molecule has 2 radical (unpaired) electrons.